The van der Waals surface area contributed by atoms with Crippen molar-refractivity contribution in [2.75, 3.05) is 12.3 Å². The molecule has 3 N–H and O–H groups in total. The van der Waals surface area contributed by atoms with Crippen molar-refractivity contribution >= 4 is 33.3 Å². The van der Waals surface area contributed by atoms with Crippen LogP contribution < -0.4 is 11.1 Å². The van der Waals surface area contributed by atoms with Crippen molar-refractivity contribution in [1.82, 2.24) is 10.3 Å². The summed E-state index contributed by atoms with van der Waals surface area (Å²) in [7, 11) is 0. The number of rotatable bonds is 5. The van der Waals surface area contributed by atoms with Crippen molar-refractivity contribution in [3.8, 4) is 0 Å². The Balaban J connectivity index is 2.49. The Bertz CT molecular complexity index is 611. The van der Waals surface area contributed by atoms with Gasteiger partial charge >= 0.3 is 0 Å². The number of anilines is 1. The van der Waals surface area contributed by atoms with Crippen LogP contribution >= 0.6 is 27.5 Å². The molecule has 0 aliphatic rings. The molecule has 0 amide bonds. The molecule has 1 atom stereocenters. The number of nitrogens with one attached hydrogen (secondary N) is 1. The topological polar surface area (TPSA) is 50.9 Å². The first-order valence-corrected chi connectivity index (χ1v) is 8.11. The van der Waals surface area contributed by atoms with Gasteiger partial charge in [0.05, 0.1) is 11.1 Å². The third-order valence-electron chi connectivity index (χ3n) is 3.40. The van der Waals surface area contributed by atoms with E-state index < -0.39 is 0 Å². The molecule has 0 saturated carbocycles. The van der Waals surface area contributed by atoms with Crippen LogP contribution in [0.2, 0.25) is 5.02 Å². The Labute approximate surface area is 139 Å². The number of benzene rings is 1. The molecule has 0 aliphatic carbocycles. The molecule has 1 aromatic heterocycles. The highest BCUT2D eigenvalue weighted by molar-refractivity contribution is 9.10. The summed E-state index contributed by atoms with van der Waals surface area (Å²) < 4.78 is 0.880. The molecule has 5 heteroatoms. The zero-order chi connectivity index (χ0) is 15.4. The van der Waals surface area contributed by atoms with Crippen molar-refractivity contribution < 1.29 is 0 Å². The molecule has 1 unspecified atom stereocenters. The predicted molar refractivity (Wildman–Crippen MR) is 92.7 cm³/mol. The lowest BCUT2D eigenvalue weighted by molar-refractivity contribution is 0.596. The Morgan fingerprint density at radius 3 is 2.76 bits per heavy atom. The van der Waals surface area contributed by atoms with Crippen LogP contribution in [0, 0.1) is 6.92 Å². The first-order valence-electron chi connectivity index (χ1n) is 6.94. The number of aryl methyl sites for hydroxylation is 1. The van der Waals surface area contributed by atoms with E-state index >= 15 is 0 Å². The van der Waals surface area contributed by atoms with E-state index in [1.54, 1.807) is 6.20 Å². The van der Waals surface area contributed by atoms with E-state index in [0.29, 0.717) is 10.8 Å². The summed E-state index contributed by atoms with van der Waals surface area (Å²) in [6.45, 7) is 5.10. The Morgan fingerprint density at radius 2 is 2.14 bits per heavy atom. The average molecular weight is 369 g/mol. The number of hydrogen-bond donors (Lipinski definition) is 2. The van der Waals surface area contributed by atoms with Gasteiger partial charge < -0.3 is 11.1 Å². The van der Waals surface area contributed by atoms with Crippen LogP contribution in [0.1, 0.15) is 36.1 Å². The quantitative estimate of drug-likeness (QED) is 0.818. The third-order valence-corrected chi connectivity index (χ3v) is 4.62. The molecule has 3 nitrogen and oxygen atoms in total. The lowest BCUT2D eigenvalue weighted by atomic mass is 9.95. The van der Waals surface area contributed by atoms with Gasteiger partial charge in [0.1, 0.15) is 5.82 Å². The molecule has 0 spiro atoms. The number of aromatic nitrogens is 1. The molecule has 0 fully saturated rings. The Morgan fingerprint density at radius 1 is 1.38 bits per heavy atom. The molecule has 0 saturated heterocycles. The van der Waals surface area contributed by atoms with Crippen LogP contribution in [0.15, 0.2) is 34.9 Å². The summed E-state index contributed by atoms with van der Waals surface area (Å²) in [5.74, 6) is 0.565. The summed E-state index contributed by atoms with van der Waals surface area (Å²) >= 11 is 9.58. The molecule has 1 heterocycles. The first kappa shape index (κ1) is 16.3. The fourth-order valence-electron chi connectivity index (χ4n) is 2.33. The summed E-state index contributed by atoms with van der Waals surface area (Å²) in [5.41, 5.74) is 9.38. The number of pyridine rings is 1. The van der Waals surface area contributed by atoms with Crippen LogP contribution in [0.25, 0.3) is 0 Å². The number of halogens is 2. The summed E-state index contributed by atoms with van der Waals surface area (Å²) in [6.07, 6.45) is 2.79. The average Bonchev–Trinajstić information content (AvgIpc) is 2.45. The van der Waals surface area contributed by atoms with Crippen LogP contribution in [-0.2, 0) is 0 Å². The highest BCUT2D eigenvalue weighted by Crippen LogP contribution is 2.32. The lowest BCUT2D eigenvalue weighted by Crippen LogP contribution is -2.25. The zero-order valence-corrected chi connectivity index (χ0v) is 14.5. The van der Waals surface area contributed by atoms with Crippen LogP contribution in [-0.4, -0.2) is 11.5 Å². The number of nitrogen functional groups attached to an aromatic ring is 1. The predicted octanol–water partition coefficient (Wildman–Crippen LogP) is 4.48. The highest BCUT2D eigenvalue weighted by atomic mass is 79.9. The van der Waals surface area contributed by atoms with Gasteiger partial charge in [0.15, 0.2) is 0 Å². The van der Waals surface area contributed by atoms with Crippen molar-refractivity contribution in [3.05, 3.63) is 56.6 Å². The maximum Gasteiger partial charge on any atom is 0.128 e. The normalized spacial score (nSPS) is 12.4. The second-order valence-corrected chi connectivity index (χ2v) is 6.25. The third kappa shape index (κ3) is 3.76. The molecule has 0 bridgehead atoms. The van der Waals surface area contributed by atoms with E-state index in [-0.39, 0.29) is 6.04 Å². The molecular formula is C16H19BrClN3. The van der Waals surface area contributed by atoms with Gasteiger partial charge in [-0.05, 0) is 65.1 Å². The summed E-state index contributed by atoms with van der Waals surface area (Å²) in [4.78, 5) is 4.23. The minimum Gasteiger partial charge on any atom is -0.383 e. The van der Waals surface area contributed by atoms with Crippen LogP contribution in [0.3, 0.4) is 0 Å². The maximum atomic E-state index is 6.11. The Hall–Kier alpha value is -1.10. The molecule has 2 rings (SSSR count). The Kier molecular flexibility index (Phi) is 5.62. The molecule has 112 valence electrons. The van der Waals surface area contributed by atoms with Gasteiger partial charge in [-0.25, -0.2) is 4.98 Å². The zero-order valence-electron chi connectivity index (χ0n) is 12.2. The van der Waals surface area contributed by atoms with E-state index in [1.165, 1.54) is 0 Å². The molecule has 2 aromatic rings. The minimum absolute atomic E-state index is 0.00668. The van der Waals surface area contributed by atoms with Crippen molar-refractivity contribution in [2.45, 2.75) is 26.3 Å². The minimum atomic E-state index is 0.00668. The van der Waals surface area contributed by atoms with Crippen molar-refractivity contribution in [2.24, 2.45) is 0 Å². The summed E-state index contributed by atoms with van der Waals surface area (Å²) in [5, 5.41) is 4.24. The van der Waals surface area contributed by atoms with E-state index in [1.807, 2.05) is 24.3 Å². The molecule has 0 aliphatic heterocycles. The van der Waals surface area contributed by atoms with Gasteiger partial charge in [-0.1, -0.05) is 24.6 Å². The van der Waals surface area contributed by atoms with Gasteiger partial charge in [-0.3, -0.25) is 0 Å². The monoisotopic (exact) mass is 367 g/mol. The van der Waals surface area contributed by atoms with E-state index in [4.69, 9.17) is 17.3 Å². The van der Waals surface area contributed by atoms with Crippen molar-refractivity contribution in [1.29, 1.82) is 0 Å². The molecule has 21 heavy (non-hydrogen) atoms. The standard InChI is InChI=1S/C16H19BrClN3/c1-3-7-20-15(11-4-5-13(18)12(17)9-11)14-10(2)6-8-21-16(14)19/h4-6,8-9,15,20H,3,7H2,1-2H3,(H2,19,21). The number of hydrogen-bond acceptors (Lipinski definition) is 3. The van der Waals surface area contributed by atoms with E-state index in [2.05, 4.69) is 40.1 Å². The second-order valence-electron chi connectivity index (χ2n) is 4.99. The van der Waals surface area contributed by atoms with Crippen LogP contribution in [0.5, 0.6) is 0 Å². The SMILES string of the molecule is CCCNC(c1ccc(Cl)c(Br)c1)c1c(C)ccnc1N. The fourth-order valence-corrected chi connectivity index (χ4v) is 2.85. The summed E-state index contributed by atoms with van der Waals surface area (Å²) in [6, 6.07) is 7.93. The smallest absolute Gasteiger partial charge is 0.128 e. The van der Waals surface area contributed by atoms with Gasteiger partial charge in [-0.2, -0.15) is 0 Å². The molecule has 0 radical (unpaired) electrons. The van der Waals surface area contributed by atoms with Gasteiger partial charge in [0.25, 0.3) is 0 Å². The second kappa shape index (κ2) is 7.25. The number of nitrogens with two attached hydrogens (primary N) is 1. The largest absolute Gasteiger partial charge is 0.383 e. The van der Waals surface area contributed by atoms with E-state index in [0.717, 1.165) is 34.1 Å². The number of nitrogens with zero attached hydrogens (tertiary/aromatic N) is 1. The maximum absolute atomic E-state index is 6.11. The van der Waals surface area contributed by atoms with Crippen molar-refractivity contribution in [3.63, 3.8) is 0 Å². The van der Waals surface area contributed by atoms with Gasteiger partial charge in [0, 0.05) is 16.2 Å². The van der Waals surface area contributed by atoms with Crippen LogP contribution in [0.4, 0.5) is 5.82 Å². The lowest BCUT2D eigenvalue weighted by Gasteiger charge is -2.23. The van der Waals surface area contributed by atoms with Gasteiger partial charge in [-0.15, -0.1) is 0 Å². The molecular weight excluding hydrogens is 350 g/mol. The van der Waals surface area contributed by atoms with E-state index in [9.17, 15) is 0 Å². The van der Waals surface area contributed by atoms with Gasteiger partial charge in [0.2, 0.25) is 0 Å². The first-order chi connectivity index (χ1) is 10.0. The highest BCUT2D eigenvalue weighted by Gasteiger charge is 2.19. The fraction of sp³-hybridized carbons (Fsp3) is 0.312. The molecule has 1 aromatic carbocycles.